The first-order valence-electron chi connectivity index (χ1n) is 4.62. The minimum Gasteiger partial charge on any atom is -0.465 e. The lowest BCUT2D eigenvalue weighted by molar-refractivity contribution is -0.144. The molecule has 13 heavy (non-hydrogen) atoms. The van der Waals surface area contributed by atoms with Gasteiger partial charge in [0.2, 0.25) is 0 Å². The van der Waals surface area contributed by atoms with E-state index in [1.165, 1.54) is 0 Å². The fraction of sp³-hybridized carbons (Fsp3) is 0.889. The van der Waals surface area contributed by atoms with E-state index in [1.807, 2.05) is 18.9 Å². The number of rotatable bonds is 7. The molecule has 0 rings (SSSR count). The van der Waals surface area contributed by atoms with E-state index >= 15 is 0 Å². The molecule has 78 valence electrons. The van der Waals surface area contributed by atoms with Gasteiger partial charge in [-0.1, -0.05) is 0 Å². The van der Waals surface area contributed by atoms with Gasteiger partial charge in [-0.05, 0) is 20.9 Å². The molecule has 0 fully saturated rings. The number of esters is 1. The summed E-state index contributed by atoms with van der Waals surface area (Å²) in [6.45, 7) is 6.66. The molecule has 0 aliphatic carbocycles. The van der Waals surface area contributed by atoms with Crippen LogP contribution in [0.1, 0.15) is 13.8 Å². The van der Waals surface area contributed by atoms with E-state index in [9.17, 15) is 4.79 Å². The first-order valence-corrected chi connectivity index (χ1v) is 4.62. The van der Waals surface area contributed by atoms with Crippen LogP contribution in [0.5, 0.6) is 0 Å². The van der Waals surface area contributed by atoms with Crippen LogP contribution in [-0.4, -0.2) is 50.8 Å². The van der Waals surface area contributed by atoms with Crippen LogP contribution in [0.2, 0.25) is 0 Å². The van der Waals surface area contributed by atoms with Gasteiger partial charge in [0.25, 0.3) is 0 Å². The quantitative estimate of drug-likeness (QED) is 0.432. The highest BCUT2D eigenvalue weighted by atomic mass is 16.5. The minimum atomic E-state index is -0.179. The molecule has 0 aromatic carbocycles. The second-order valence-corrected chi connectivity index (χ2v) is 2.74. The van der Waals surface area contributed by atoms with Gasteiger partial charge in [0.15, 0.2) is 0 Å². The lowest BCUT2D eigenvalue weighted by Crippen LogP contribution is -2.30. The Morgan fingerprint density at radius 3 is 2.54 bits per heavy atom. The standard InChI is InChI=1S/C9H19NO3/c1-4-12-7-6-10(3)8-9(11)13-5-2/h4-8H2,1-3H3. The molecule has 0 atom stereocenters. The molecule has 0 aromatic rings. The van der Waals surface area contributed by atoms with Crippen molar-refractivity contribution >= 4 is 5.97 Å². The summed E-state index contributed by atoms with van der Waals surface area (Å²) in [5.41, 5.74) is 0. The summed E-state index contributed by atoms with van der Waals surface area (Å²) in [6, 6.07) is 0. The van der Waals surface area contributed by atoms with Crippen LogP contribution in [-0.2, 0) is 14.3 Å². The largest absolute Gasteiger partial charge is 0.465 e. The van der Waals surface area contributed by atoms with Crippen LogP contribution in [0.4, 0.5) is 0 Å². The molecular weight excluding hydrogens is 170 g/mol. The van der Waals surface area contributed by atoms with Gasteiger partial charge in [-0.2, -0.15) is 0 Å². The Balaban J connectivity index is 3.38. The van der Waals surface area contributed by atoms with Crippen molar-refractivity contribution in [3.05, 3.63) is 0 Å². The highest BCUT2D eigenvalue weighted by Crippen LogP contribution is 1.86. The molecule has 0 aromatic heterocycles. The van der Waals surface area contributed by atoms with Crippen molar-refractivity contribution in [3.63, 3.8) is 0 Å². The minimum absolute atomic E-state index is 0.179. The van der Waals surface area contributed by atoms with Gasteiger partial charge < -0.3 is 9.47 Å². The molecule has 0 aliphatic heterocycles. The molecule has 0 saturated carbocycles. The first-order chi connectivity index (χ1) is 6.20. The monoisotopic (exact) mass is 189 g/mol. The maximum absolute atomic E-state index is 11.0. The third kappa shape index (κ3) is 7.74. The summed E-state index contributed by atoms with van der Waals surface area (Å²) in [5, 5.41) is 0. The molecule has 0 unspecified atom stereocenters. The van der Waals surface area contributed by atoms with Crippen LogP contribution in [0, 0.1) is 0 Å². The molecule has 0 N–H and O–H groups in total. The molecule has 0 radical (unpaired) electrons. The van der Waals surface area contributed by atoms with Gasteiger partial charge in [0, 0.05) is 13.2 Å². The number of likely N-dealkylation sites (N-methyl/N-ethyl adjacent to an activating group) is 1. The number of carbonyl (C=O) groups excluding carboxylic acids is 1. The van der Waals surface area contributed by atoms with E-state index in [2.05, 4.69) is 0 Å². The Hall–Kier alpha value is -0.610. The molecule has 0 heterocycles. The predicted molar refractivity (Wildman–Crippen MR) is 50.6 cm³/mol. The fourth-order valence-corrected chi connectivity index (χ4v) is 0.871. The smallest absolute Gasteiger partial charge is 0.320 e. The average molecular weight is 189 g/mol. The maximum atomic E-state index is 11.0. The second-order valence-electron chi connectivity index (χ2n) is 2.74. The third-order valence-corrected chi connectivity index (χ3v) is 1.53. The summed E-state index contributed by atoms with van der Waals surface area (Å²) in [7, 11) is 1.87. The Kier molecular flexibility index (Phi) is 7.63. The van der Waals surface area contributed by atoms with E-state index in [1.54, 1.807) is 6.92 Å². The fourth-order valence-electron chi connectivity index (χ4n) is 0.871. The molecule has 4 heteroatoms. The van der Waals surface area contributed by atoms with E-state index < -0.39 is 0 Å². The molecular formula is C9H19NO3. The molecule has 0 bridgehead atoms. The zero-order valence-corrected chi connectivity index (χ0v) is 8.71. The summed E-state index contributed by atoms with van der Waals surface area (Å²) >= 11 is 0. The number of ether oxygens (including phenoxy) is 2. The zero-order valence-electron chi connectivity index (χ0n) is 8.71. The molecule has 0 aliphatic rings. The Morgan fingerprint density at radius 1 is 1.31 bits per heavy atom. The predicted octanol–water partition coefficient (Wildman–Crippen LogP) is 0.518. The lowest BCUT2D eigenvalue weighted by Gasteiger charge is -2.14. The van der Waals surface area contributed by atoms with E-state index in [4.69, 9.17) is 9.47 Å². The molecule has 0 spiro atoms. The van der Waals surface area contributed by atoms with Gasteiger partial charge in [0.05, 0.1) is 19.8 Å². The number of hydrogen-bond donors (Lipinski definition) is 0. The Labute approximate surface area is 79.8 Å². The SMILES string of the molecule is CCOCCN(C)CC(=O)OCC. The normalized spacial score (nSPS) is 10.5. The topological polar surface area (TPSA) is 38.8 Å². The molecule has 0 saturated heterocycles. The lowest BCUT2D eigenvalue weighted by atomic mass is 10.5. The van der Waals surface area contributed by atoms with E-state index in [0.29, 0.717) is 26.4 Å². The highest BCUT2D eigenvalue weighted by molar-refractivity contribution is 5.71. The van der Waals surface area contributed by atoms with Crippen molar-refractivity contribution in [2.24, 2.45) is 0 Å². The van der Waals surface area contributed by atoms with Crippen molar-refractivity contribution in [3.8, 4) is 0 Å². The van der Waals surface area contributed by atoms with Crippen molar-refractivity contribution in [2.45, 2.75) is 13.8 Å². The third-order valence-electron chi connectivity index (χ3n) is 1.53. The summed E-state index contributed by atoms with van der Waals surface area (Å²) < 4.78 is 9.95. The van der Waals surface area contributed by atoms with Crippen molar-refractivity contribution < 1.29 is 14.3 Å². The van der Waals surface area contributed by atoms with Gasteiger partial charge in [0.1, 0.15) is 0 Å². The highest BCUT2D eigenvalue weighted by Gasteiger charge is 2.05. The average Bonchev–Trinajstić information content (AvgIpc) is 2.05. The van der Waals surface area contributed by atoms with Crippen molar-refractivity contribution in [2.75, 3.05) is 40.0 Å². The Morgan fingerprint density at radius 2 is 2.00 bits per heavy atom. The van der Waals surface area contributed by atoms with Gasteiger partial charge in [-0.25, -0.2) is 0 Å². The van der Waals surface area contributed by atoms with Crippen LogP contribution in [0.3, 0.4) is 0 Å². The van der Waals surface area contributed by atoms with E-state index in [-0.39, 0.29) is 5.97 Å². The van der Waals surface area contributed by atoms with Crippen molar-refractivity contribution in [1.82, 2.24) is 4.90 Å². The molecule has 4 nitrogen and oxygen atoms in total. The summed E-state index contributed by atoms with van der Waals surface area (Å²) in [6.07, 6.45) is 0. The van der Waals surface area contributed by atoms with Crippen LogP contribution in [0.15, 0.2) is 0 Å². The van der Waals surface area contributed by atoms with Gasteiger partial charge >= 0.3 is 5.97 Å². The van der Waals surface area contributed by atoms with E-state index in [0.717, 1.165) is 6.54 Å². The summed E-state index contributed by atoms with van der Waals surface area (Å²) in [4.78, 5) is 12.9. The maximum Gasteiger partial charge on any atom is 0.320 e. The zero-order chi connectivity index (χ0) is 10.1. The number of nitrogens with zero attached hydrogens (tertiary/aromatic N) is 1. The van der Waals surface area contributed by atoms with Crippen molar-refractivity contribution in [1.29, 1.82) is 0 Å². The molecule has 0 amide bonds. The first kappa shape index (κ1) is 12.4. The van der Waals surface area contributed by atoms with Crippen LogP contribution < -0.4 is 0 Å². The number of hydrogen-bond acceptors (Lipinski definition) is 4. The van der Waals surface area contributed by atoms with Gasteiger partial charge in [-0.3, -0.25) is 9.69 Å². The Bertz CT molecular complexity index is 139. The van der Waals surface area contributed by atoms with Gasteiger partial charge in [-0.15, -0.1) is 0 Å². The summed E-state index contributed by atoms with van der Waals surface area (Å²) in [5.74, 6) is -0.179. The number of carbonyl (C=O) groups is 1. The van der Waals surface area contributed by atoms with Crippen LogP contribution >= 0.6 is 0 Å². The second kappa shape index (κ2) is 8.01. The van der Waals surface area contributed by atoms with Crippen LogP contribution in [0.25, 0.3) is 0 Å².